The second-order valence-corrected chi connectivity index (χ2v) is 7.20. The minimum absolute atomic E-state index is 0.00942. The molecule has 2 unspecified atom stereocenters. The zero-order valence-corrected chi connectivity index (χ0v) is 12.8. The molecular weight excluding hydrogens is 264 g/mol. The van der Waals surface area contributed by atoms with Gasteiger partial charge in [-0.3, -0.25) is 14.5 Å². The van der Waals surface area contributed by atoms with Crippen LogP contribution in [0.15, 0.2) is 18.2 Å². The highest BCUT2D eigenvalue weighted by Crippen LogP contribution is 2.42. The van der Waals surface area contributed by atoms with Gasteiger partial charge in [-0.25, -0.2) is 0 Å². The molecule has 2 amide bonds. The Bertz CT molecular complexity index is 621. The van der Waals surface area contributed by atoms with Gasteiger partial charge in [-0.15, -0.1) is 0 Å². The Balaban J connectivity index is 1.94. The second-order valence-electron chi connectivity index (χ2n) is 7.20. The third kappa shape index (κ3) is 2.13. The van der Waals surface area contributed by atoms with Gasteiger partial charge in [-0.05, 0) is 42.7 Å². The summed E-state index contributed by atoms with van der Waals surface area (Å²) < 4.78 is 0. The number of nitrogen functional groups attached to an aromatic ring is 1. The Kier molecular flexibility index (Phi) is 3.08. The monoisotopic (exact) mass is 286 g/mol. The third-order valence-corrected chi connectivity index (χ3v) is 4.96. The normalized spacial score (nSPS) is 27.9. The van der Waals surface area contributed by atoms with E-state index in [9.17, 15) is 9.59 Å². The van der Waals surface area contributed by atoms with Crippen LogP contribution >= 0.6 is 0 Å². The van der Waals surface area contributed by atoms with Crippen molar-refractivity contribution in [3.8, 4) is 0 Å². The van der Waals surface area contributed by atoms with Crippen LogP contribution in [0.4, 0.5) is 5.69 Å². The topological polar surface area (TPSA) is 63.4 Å². The average molecular weight is 286 g/mol. The van der Waals surface area contributed by atoms with Crippen LogP contribution in [0.1, 0.15) is 60.7 Å². The summed E-state index contributed by atoms with van der Waals surface area (Å²) >= 11 is 0. The lowest BCUT2D eigenvalue weighted by atomic mass is 9.70. The number of amides is 2. The van der Waals surface area contributed by atoms with Crippen molar-refractivity contribution < 1.29 is 9.59 Å². The molecule has 3 rings (SSSR count). The first kappa shape index (κ1) is 14.1. The average Bonchev–Trinajstić information content (AvgIpc) is 2.63. The Morgan fingerprint density at radius 1 is 1.24 bits per heavy atom. The van der Waals surface area contributed by atoms with E-state index in [2.05, 4.69) is 20.8 Å². The molecular formula is C17H22N2O2. The largest absolute Gasteiger partial charge is 0.398 e. The number of anilines is 1. The molecule has 1 aromatic rings. The van der Waals surface area contributed by atoms with Gasteiger partial charge in [0.15, 0.2) is 0 Å². The number of benzene rings is 1. The maximum Gasteiger partial charge on any atom is 0.263 e. The van der Waals surface area contributed by atoms with Gasteiger partial charge in [0.2, 0.25) is 0 Å². The van der Waals surface area contributed by atoms with Crippen LogP contribution in [0, 0.1) is 11.3 Å². The number of fused-ring (bicyclic) bond motifs is 1. The van der Waals surface area contributed by atoms with Gasteiger partial charge in [0.1, 0.15) is 0 Å². The Morgan fingerprint density at radius 3 is 2.57 bits per heavy atom. The van der Waals surface area contributed by atoms with Crippen molar-refractivity contribution >= 4 is 17.5 Å². The summed E-state index contributed by atoms with van der Waals surface area (Å²) in [7, 11) is 0. The smallest absolute Gasteiger partial charge is 0.263 e. The minimum atomic E-state index is -0.218. The van der Waals surface area contributed by atoms with E-state index >= 15 is 0 Å². The third-order valence-electron chi connectivity index (χ3n) is 4.96. The summed E-state index contributed by atoms with van der Waals surface area (Å²) in [5.74, 6) is -0.0827. The first-order valence-corrected chi connectivity index (χ1v) is 7.58. The molecule has 1 aliphatic carbocycles. The lowest BCUT2D eigenvalue weighted by Crippen LogP contribution is -2.47. The number of carbonyl (C=O) groups excluding carboxylic acids is 2. The van der Waals surface area contributed by atoms with Crippen LogP contribution in [-0.2, 0) is 0 Å². The molecule has 112 valence electrons. The minimum Gasteiger partial charge on any atom is -0.398 e. The summed E-state index contributed by atoms with van der Waals surface area (Å²) in [5, 5.41) is 0. The first-order valence-electron chi connectivity index (χ1n) is 7.58. The molecule has 4 heteroatoms. The summed E-state index contributed by atoms with van der Waals surface area (Å²) in [6.07, 6.45) is 2.94. The first-order chi connectivity index (χ1) is 9.82. The van der Waals surface area contributed by atoms with Crippen LogP contribution in [0.3, 0.4) is 0 Å². The molecule has 21 heavy (non-hydrogen) atoms. The number of nitrogens with two attached hydrogens (primary N) is 1. The Hall–Kier alpha value is -1.84. The van der Waals surface area contributed by atoms with Crippen molar-refractivity contribution in [3.05, 3.63) is 29.3 Å². The van der Waals surface area contributed by atoms with E-state index in [1.807, 2.05) is 0 Å². The summed E-state index contributed by atoms with van der Waals surface area (Å²) in [6, 6.07) is 5.10. The van der Waals surface area contributed by atoms with Gasteiger partial charge < -0.3 is 5.73 Å². The predicted molar refractivity (Wildman–Crippen MR) is 81.9 cm³/mol. The quantitative estimate of drug-likeness (QED) is 0.637. The molecule has 0 radical (unpaired) electrons. The van der Waals surface area contributed by atoms with Gasteiger partial charge in [0, 0.05) is 11.7 Å². The fourth-order valence-corrected chi connectivity index (χ4v) is 3.95. The van der Waals surface area contributed by atoms with Gasteiger partial charge in [-0.1, -0.05) is 26.8 Å². The Labute approximate surface area is 125 Å². The molecule has 2 N–H and O–H groups in total. The molecule has 1 aliphatic heterocycles. The molecule has 0 aromatic heterocycles. The molecule has 4 nitrogen and oxygen atoms in total. The van der Waals surface area contributed by atoms with E-state index < -0.39 is 0 Å². The highest BCUT2D eigenvalue weighted by Gasteiger charge is 2.45. The number of carbonyl (C=O) groups is 2. The lowest BCUT2D eigenvalue weighted by Gasteiger charge is -2.42. The zero-order chi connectivity index (χ0) is 15.4. The van der Waals surface area contributed by atoms with Crippen molar-refractivity contribution in [1.82, 2.24) is 4.90 Å². The highest BCUT2D eigenvalue weighted by atomic mass is 16.2. The van der Waals surface area contributed by atoms with E-state index in [0.717, 1.165) is 19.3 Å². The van der Waals surface area contributed by atoms with Gasteiger partial charge in [-0.2, -0.15) is 0 Å². The molecule has 1 fully saturated rings. The second kappa shape index (κ2) is 4.58. The number of imide groups is 1. The SMILES string of the molecule is CC1CC(C)(C)CCC1N1C(=O)c2cccc(N)c2C1=O. The summed E-state index contributed by atoms with van der Waals surface area (Å²) in [4.78, 5) is 26.7. The van der Waals surface area contributed by atoms with E-state index in [-0.39, 0.29) is 23.3 Å². The summed E-state index contributed by atoms with van der Waals surface area (Å²) in [5.41, 5.74) is 7.42. The van der Waals surface area contributed by atoms with Crippen LogP contribution in [0.2, 0.25) is 0 Å². The molecule has 2 aliphatic rings. The number of nitrogens with zero attached hydrogens (tertiary/aromatic N) is 1. The fourth-order valence-electron chi connectivity index (χ4n) is 3.95. The lowest BCUT2D eigenvalue weighted by molar-refractivity contribution is 0.0378. The maximum atomic E-state index is 12.7. The van der Waals surface area contributed by atoms with E-state index in [1.54, 1.807) is 18.2 Å². The summed E-state index contributed by atoms with van der Waals surface area (Å²) in [6.45, 7) is 6.64. The molecule has 2 atom stereocenters. The predicted octanol–water partition coefficient (Wildman–Crippen LogP) is 3.08. The molecule has 0 bridgehead atoms. The van der Waals surface area contributed by atoms with Crippen molar-refractivity contribution in [1.29, 1.82) is 0 Å². The van der Waals surface area contributed by atoms with Crippen LogP contribution < -0.4 is 5.73 Å². The molecule has 1 aromatic carbocycles. The van der Waals surface area contributed by atoms with E-state index in [1.165, 1.54) is 4.90 Å². The van der Waals surface area contributed by atoms with Crippen molar-refractivity contribution in [2.45, 2.75) is 46.1 Å². The maximum absolute atomic E-state index is 12.7. The van der Waals surface area contributed by atoms with E-state index in [0.29, 0.717) is 22.7 Å². The standard InChI is InChI=1S/C17H22N2O2/c1-10-9-17(2,3)8-7-13(10)19-15(20)11-5-4-6-12(18)14(11)16(19)21/h4-6,10,13H,7-9,18H2,1-3H3. The fraction of sp³-hybridized carbons (Fsp3) is 0.529. The highest BCUT2D eigenvalue weighted by molar-refractivity contribution is 6.23. The molecule has 0 saturated heterocycles. The molecule has 1 saturated carbocycles. The van der Waals surface area contributed by atoms with Crippen molar-refractivity contribution in [2.24, 2.45) is 11.3 Å². The van der Waals surface area contributed by atoms with Crippen LogP contribution in [-0.4, -0.2) is 22.8 Å². The number of hydrogen-bond acceptors (Lipinski definition) is 3. The van der Waals surface area contributed by atoms with Gasteiger partial charge >= 0.3 is 0 Å². The number of hydrogen-bond donors (Lipinski definition) is 1. The molecule has 0 spiro atoms. The Morgan fingerprint density at radius 2 is 1.95 bits per heavy atom. The van der Waals surface area contributed by atoms with Gasteiger partial charge in [0.05, 0.1) is 11.1 Å². The van der Waals surface area contributed by atoms with Crippen LogP contribution in [0.5, 0.6) is 0 Å². The van der Waals surface area contributed by atoms with Gasteiger partial charge in [0.25, 0.3) is 11.8 Å². The van der Waals surface area contributed by atoms with E-state index in [4.69, 9.17) is 5.73 Å². The van der Waals surface area contributed by atoms with Crippen molar-refractivity contribution in [3.63, 3.8) is 0 Å². The van der Waals surface area contributed by atoms with Crippen LogP contribution in [0.25, 0.3) is 0 Å². The number of rotatable bonds is 1. The zero-order valence-electron chi connectivity index (χ0n) is 12.8. The van der Waals surface area contributed by atoms with Crippen molar-refractivity contribution in [2.75, 3.05) is 5.73 Å². The molecule has 1 heterocycles.